The Morgan fingerprint density at radius 2 is 1.77 bits per heavy atom. The van der Waals surface area contributed by atoms with Crippen molar-refractivity contribution in [3.8, 4) is 17.4 Å². The van der Waals surface area contributed by atoms with Crippen molar-refractivity contribution < 1.29 is 22.6 Å². The maximum absolute atomic E-state index is 13.4. The van der Waals surface area contributed by atoms with Gasteiger partial charge < -0.3 is 14.2 Å². The molecule has 35 heavy (non-hydrogen) atoms. The molecular weight excluding hydrogens is 500 g/mol. The zero-order valence-corrected chi connectivity index (χ0v) is 21.1. The van der Waals surface area contributed by atoms with E-state index in [4.69, 9.17) is 25.8 Å². The van der Waals surface area contributed by atoms with Crippen LogP contribution in [0.2, 0.25) is 5.02 Å². The van der Waals surface area contributed by atoms with Gasteiger partial charge in [-0.25, -0.2) is 18.4 Å². The molecule has 0 radical (unpaired) electrons. The molecule has 1 aliphatic heterocycles. The fraction of sp³-hybridized carbons (Fsp3) is 0.500. The van der Waals surface area contributed by atoms with Gasteiger partial charge in [-0.1, -0.05) is 18.5 Å². The lowest BCUT2D eigenvalue weighted by Gasteiger charge is -2.21. The highest BCUT2D eigenvalue weighted by molar-refractivity contribution is 7.93. The predicted molar refractivity (Wildman–Crippen MR) is 125 cm³/mol. The van der Waals surface area contributed by atoms with Crippen LogP contribution in [0.3, 0.4) is 0 Å². The summed E-state index contributed by atoms with van der Waals surface area (Å²) in [6.07, 6.45) is 5.22. The number of hydrogen-bond acceptors (Lipinski definition) is 11. The highest BCUT2D eigenvalue weighted by Gasteiger charge is 2.34. The van der Waals surface area contributed by atoms with Gasteiger partial charge in [0, 0.05) is 24.9 Å². The van der Waals surface area contributed by atoms with E-state index in [-0.39, 0.29) is 23.4 Å². The van der Waals surface area contributed by atoms with Crippen molar-refractivity contribution in [2.45, 2.75) is 44.0 Å². The third-order valence-corrected chi connectivity index (χ3v) is 7.80. The van der Waals surface area contributed by atoms with Crippen molar-refractivity contribution in [2.24, 2.45) is 0 Å². The second kappa shape index (κ2) is 10.3. The minimum atomic E-state index is -4.00. The third-order valence-electron chi connectivity index (χ3n) is 5.75. The molecule has 0 aliphatic carbocycles. The van der Waals surface area contributed by atoms with Crippen LogP contribution in [0.4, 0.5) is 5.95 Å². The van der Waals surface area contributed by atoms with Gasteiger partial charge in [0.05, 0.1) is 24.5 Å². The van der Waals surface area contributed by atoms with Gasteiger partial charge in [0.2, 0.25) is 27.7 Å². The number of aromatic nitrogens is 7. The molecule has 0 spiro atoms. The van der Waals surface area contributed by atoms with E-state index >= 15 is 0 Å². The molecule has 4 heterocycles. The van der Waals surface area contributed by atoms with E-state index in [0.717, 1.165) is 6.42 Å². The van der Waals surface area contributed by atoms with Crippen molar-refractivity contribution in [1.82, 2.24) is 34.7 Å². The largest absolute Gasteiger partial charge is 0.479 e. The molecule has 0 aromatic carbocycles. The highest BCUT2D eigenvalue weighted by atomic mass is 35.5. The monoisotopic (exact) mass is 524 g/mol. The molecule has 13 nitrogen and oxygen atoms in total. The first-order chi connectivity index (χ1) is 16.8. The maximum atomic E-state index is 13.4. The number of methoxy groups -OCH3 is 2. The number of rotatable bonds is 9. The molecule has 4 rings (SSSR count). The first-order valence-electron chi connectivity index (χ1n) is 10.8. The zero-order chi connectivity index (χ0) is 25.2. The Morgan fingerprint density at radius 3 is 2.34 bits per heavy atom. The SMILES string of the molecule is COc1ncnc(OC)c1-n1c(NS(=O)(=O)[C@@H](C)[C@H](C)c2ncc(Cl)cn2)nnc1C1CCCO1. The summed E-state index contributed by atoms with van der Waals surface area (Å²) < 4.78 is 47.4. The summed E-state index contributed by atoms with van der Waals surface area (Å²) in [6, 6.07) is 0. The number of nitrogens with one attached hydrogen (secondary N) is 1. The fourth-order valence-electron chi connectivity index (χ4n) is 3.67. The quantitative estimate of drug-likeness (QED) is 0.438. The number of hydrogen-bond donors (Lipinski definition) is 1. The highest BCUT2D eigenvalue weighted by Crippen LogP contribution is 2.37. The Labute approximate surface area is 207 Å². The summed E-state index contributed by atoms with van der Waals surface area (Å²) in [5.41, 5.74) is 0.243. The van der Waals surface area contributed by atoms with Gasteiger partial charge in [0.15, 0.2) is 11.5 Å². The lowest BCUT2D eigenvalue weighted by Crippen LogP contribution is -2.31. The molecule has 15 heteroatoms. The standard InChI is InChI=1S/C20H25ClN8O5S/c1-11(16-22-8-13(21)9-23-16)12(2)35(30,31)28-20-27-26-17(14-6-5-7-34-14)29(20)15-18(32-3)24-10-25-19(15)33-4/h8-12,14H,5-7H2,1-4H3,(H,27,28)/t11-,12-,14?/m0/s1. The molecule has 1 N–H and O–H groups in total. The molecule has 1 unspecified atom stereocenters. The molecule has 1 aliphatic rings. The Kier molecular flexibility index (Phi) is 7.33. The van der Waals surface area contributed by atoms with Crippen LogP contribution < -0.4 is 14.2 Å². The van der Waals surface area contributed by atoms with Gasteiger partial charge in [-0.2, -0.15) is 9.97 Å². The average Bonchev–Trinajstić information content (AvgIpc) is 3.52. The van der Waals surface area contributed by atoms with Crippen molar-refractivity contribution in [1.29, 1.82) is 0 Å². The zero-order valence-electron chi connectivity index (χ0n) is 19.5. The van der Waals surface area contributed by atoms with Gasteiger partial charge >= 0.3 is 0 Å². The van der Waals surface area contributed by atoms with E-state index in [0.29, 0.717) is 29.7 Å². The number of anilines is 1. The Balaban J connectivity index is 1.76. The lowest BCUT2D eigenvalue weighted by atomic mass is 10.1. The Bertz CT molecular complexity index is 1260. The van der Waals surface area contributed by atoms with Crippen molar-refractivity contribution in [3.05, 3.63) is 35.4 Å². The molecular formula is C20H25ClN8O5S. The predicted octanol–water partition coefficient (Wildman–Crippen LogP) is 2.30. The molecule has 3 aromatic heterocycles. The van der Waals surface area contributed by atoms with Crippen LogP contribution in [-0.2, 0) is 14.8 Å². The van der Waals surface area contributed by atoms with Crippen LogP contribution in [0.15, 0.2) is 18.7 Å². The third kappa shape index (κ3) is 4.99. The topological polar surface area (TPSA) is 156 Å². The van der Waals surface area contributed by atoms with Gasteiger partial charge in [0.25, 0.3) is 0 Å². The van der Waals surface area contributed by atoms with Crippen molar-refractivity contribution in [2.75, 3.05) is 25.5 Å². The molecule has 0 saturated carbocycles. The summed E-state index contributed by atoms with van der Waals surface area (Å²) in [4.78, 5) is 16.6. The van der Waals surface area contributed by atoms with Crippen LogP contribution in [0.1, 0.15) is 50.4 Å². The minimum absolute atomic E-state index is 0.0852. The fourth-order valence-corrected chi connectivity index (χ4v) is 5.00. The summed E-state index contributed by atoms with van der Waals surface area (Å²) in [7, 11) is -1.14. The molecule has 188 valence electrons. The summed E-state index contributed by atoms with van der Waals surface area (Å²) in [6.45, 7) is 3.82. The maximum Gasteiger partial charge on any atom is 0.245 e. The van der Waals surface area contributed by atoms with Gasteiger partial charge in [-0.05, 0) is 19.8 Å². The summed E-state index contributed by atoms with van der Waals surface area (Å²) in [5.74, 6) is 0.363. The normalized spacial score (nSPS) is 17.7. The van der Waals surface area contributed by atoms with E-state index in [2.05, 4.69) is 34.9 Å². The molecule has 0 amide bonds. The van der Waals surface area contributed by atoms with E-state index in [1.807, 2.05) is 0 Å². The summed E-state index contributed by atoms with van der Waals surface area (Å²) in [5, 5.41) is 7.79. The Hall–Kier alpha value is -3.10. The second-order valence-corrected chi connectivity index (χ2v) is 10.3. The Morgan fingerprint density at radius 1 is 1.11 bits per heavy atom. The number of sulfonamides is 1. The molecule has 3 atom stereocenters. The first-order valence-corrected chi connectivity index (χ1v) is 12.7. The molecule has 1 fully saturated rings. The molecule has 0 bridgehead atoms. The van der Waals surface area contributed by atoms with Crippen LogP contribution in [0, 0.1) is 0 Å². The molecule has 1 saturated heterocycles. The number of halogens is 1. The lowest BCUT2D eigenvalue weighted by molar-refractivity contribution is 0.103. The summed E-state index contributed by atoms with van der Waals surface area (Å²) >= 11 is 5.86. The average molecular weight is 525 g/mol. The minimum Gasteiger partial charge on any atom is -0.479 e. The first kappa shape index (κ1) is 25.0. The smallest absolute Gasteiger partial charge is 0.245 e. The van der Waals surface area contributed by atoms with E-state index in [9.17, 15) is 8.42 Å². The van der Waals surface area contributed by atoms with Crippen molar-refractivity contribution >= 4 is 27.6 Å². The van der Waals surface area contributed by atoms with Crippen molar-refractivity contribution in [3.63, 3.8) is 0 Å². The van der Waals surface area contributed by atoms with E-state index in [1.54, 1.807) is 13.8 Å². The van der Waals surface area contributed by atoms with Gasteiger partial charge in [0.1, 0.15) is 18.3 Å². The number of ether oxygens (including phenoxy) is 3. The van der Waals surface area contributed by atoms with Crippen LogP contribution >= 0.6 is 11.6 Å². The van der Waals surface area contributed by atoms with Crippen LogP contribution in [0.25, 0.3) is 5.69 Å². The van der Waals surface area contributed by atoms with Gasteiger partial charge in [-0.15, -0.1) is 10.2 Å². The van der Waals surface area contributed by atoms with Gasteiger partial charge in [-0.3, -0.25) is 9.29 Å². The van der Waals surface area contributed by atoms with E-state index in [1.165, 1.54) is 37.5 Å². The second-order valence-electron chi connectivity index (χ2n) is 7.86. The van der Waals surface area contributed by atoms with E-state index < -0.39 is 27.3 Å². The number of nitrogens with zero attached hydrogens (tertiary/aromatic N) is 7. The van der Waals surface area contributed by atoms with Crippen LogP contribution in [-0.4, -0.2) is 69.2 Å². The van der Waals surface area contributed by atoms with Crippen LogP contribution in [0.5, 0.6) is 11.8 Å². The molecule has 3 aromatic rings.